The van der Waals surface area contributed by atoms with Gasteiger partial charge in [-0.1, -0.05) is 12.1 Å². The quantitative estimate of drug-likeness (QED) is 0.722. The van der Waals surface area contributed by atoms with Crippen LogP contribution in [0, 0.1) is 12.7 Å². The van der Waals surface area contributed by atoms with Crippen LogP contribution in [-0.2, 0) is 17.9 Å². The number of amides is 1. The van der Waals surface area contributed by atoms with Crippen LogP contribution in [-0.4, -0.2) is 30.5 Å². The average Bonchev–Trinajstić information content (AvgIpc) is 3.09. The number of carbonyl (C=O) groups excluding carboxylic acids is 1. The van der Waals surface area contributed by atoms with E-state index in [4.69, 9.17) is 0 Å². The van der Waals surface area contributed by atoms with Crippen molar-refractivity contribution >= 4 is 27.8 Å². The van der Waals surface area contributed by atoms with E-state index in [9.17, 15) is 9.18 Å². The lowest BCUT2D eigenvalue weighted by Gasteiger charge is -2.04. The molecule has 0 radical (unpaired) electrons. The van der Waals surface area contributed by atoms with Crippen LogP contribution < -0.4 is 5.32 Å². The van der Waals surface area contributed by atoms with Gasteiger partial charge in [-0.25, -0.2) is 14.1 Å². The van der Waals surface area contributed by atoms with Crippen molar-refractivity contribution in [3.8, 4) is 0 Å². The van der Waals surface area contributed by atoms with Gasteiger partial charge in [0, 0.05) is 0 Å². The highest BCUT2D eigenvalue weighted by Crippen LogP contribution is 2.14. The summed E-state index contributed by atoms with van der Waals surface area (Å²) in [6.45, 7) is 2.29. The Morgan fingerprint density at radius 1 is 1.42 bits per heavy atom. The van der Waals surface area contributed by atoms with Crippen LogP contribution in [0.5, 0.6) is 0 Å². The normalized spacial score (nSPS) is 10.8. The van der Waals surface area contributed by atoms with Crippen molar-refractivity contribution in [3.63, 3.8) is 0 Å². The zero-order chi connectivity index (χ0) is 17.1. The zero-order valence-corrected chi connectivity index (χ0v) is 14.4. The minimum absolute atomic E-state index is 0.0653. The van der Waals surface area contributed by atoms with Crippen molar-refractivity contribution in [2.75, 3.05) is 5.32 Å². The SMILES string of the molecule is Cc1c(Br)cnn1CC(=O)Nc1ncn(Cc2cccc(F)c2)n1. The van der Waals surface area contributed by atoms with Gasteiger partial charge in [0.05, 0.1) is 22.9 Å². The van der Waals surface area contributed by atoms with E-state index in [1.165, 1.54) is 23.1 Å². The number of nitrogens with one attached hydrogen (secondary N) is 1. The molecule has 9 heteroatoms. The smallest absolute Gasteiger partial charge is 0.248 e. The fourth-order valence-corrected chi connectivity index (χ4v) is 2.43. The Labute approximate surface area is 145 Å². The highest BCUT2D eigenvalue weighted by molar-refractivity contribution is 9.10. The lowest BCUT2D eigenvalue weighted by molar-refractivity contribution is -0.117. The molecule has 124 valence electrons. The summed E-state index contributed by atoms with van der Waals surface area (Å²) in [5.41, 5.74) is 1.62. The molecule has 0 aliphatic rings. The van der Waals surface area contributed by atoms with Gasteiger partial charge in [0.1, 0.15) is 18.7 Å². The molecule has 0 bridgehead atoms. The number of halogens is 2. The van der Waals surface area contributed by atoms with E-state index in [2.05, 4.69) is 36.4 Å². The van der Waals surface area contributed by atoms with Crippen molar-refractivity contribution < 1.29 is 9.18 Å². The summed E-state index contributed by atoms with van der Waals surface area (Å²) < 4.78 is 17.1. The maximum absolute atomic E-state index is 13.2. The summed E-state index contributed by atoms with van der Waals surface area (Å²) in [7, 11) is 0. The third-order valence-electron chi connectivity index (χ3n) is 3.36. The number of hydrogen-bond acceptors (Lipinski definition) is 4. The molecule has 7 nitrogen and oxygen atoms in total. The maximum Gasteiger partial charge on any atom is 0.248 e. The molecule has 0 spiro atoms. The Bertz CT molecular complexity index is 874. The predicted octanol–water partition coefficient (Wildman–Crippen LogP) is 2.37. The third-order valence-corrected chi connectivity index (χ3v) is 4.14. The first-order valence-electron chi connectivity index (χ1n) is 7.13. The molecule has 0 aliphatic carbocycles. The van der Waals surface area contributed by atoms with E-state index in [0.29, 0.717) is 6.54 Å². The summed E-state index contributed by atoms with van der Waals surface area (Å²) in [6.07, 6.45) is 3.12. The van der Waals surface area contributed by atoms with Gasteiger partial charge in [-0.05, 0) is 40.5 Å². The summed E-state index contributed by atoms with van der Waals surface area (Å²) in [4.78, 5) is 16.1. The largest absolute Gasteiger partial charge is 0.292 e. The second-order valence-electron chi connectivity index (χ2n) is 5.18. The lowest BCUT2D eigenvalue weighted by atomic mass is 10.2. The topological polar surface area (TPSA) is 77.6 Å². The van der Waals surface area contributed by atoms with Crippen molar-refractivity contribution in [2.24, 2.45) is 0 Å². The van der Waals surface area contributed by atoms with Gasteiger partial charge in [0.25, 0.3) is 0 Å². The zero-order valence-electron chi connectivity index (χ0n) is 12.8. The number of anilines is 1. The Balaban J connectivity index is 1.61. The number of benzene rings is 1. The van der Waals surface area contributed by atoms with E-state index in [-0.39, 0.29) is 24.2 Å². The van der Waals surface area contributed by atoms with Crippen LogP contribution in [0.1, 0.15) is 11.3 Å². The molecule has 3 rings (SSSR count). The molecule has 0 fully saturated rings. The van der Waals surface area contributed by atoms with Crippen molar-refractivity contribution in [3.05, 3.63) is 58.3 Å². The summed E-state index contributed by atoms with van der Waals surface area (Å²) in [5, 5.41) is 10.9. The monoisotopic (exact) mass is 392 g/mol. The Hall–Kier alpha value is -2.55. The van der Waals surface area contributed by atoms with Gasteiger partial charge in [-0.2, -0.15) is 5.10 Å². The first-order chi connectivity index (χ1) is 11.5. The second-order valence-corrected chi connectivity index (χ2v) is 6.03. The van der Waals surface area contributed by atoms with E-state index < -0.39 is 0 Å². The molecule has 1 N–H and O–H groups in total. The van der Waals surface area contributed by atoms with E-state index in [1.807, 2.05) is 6.92 Å². The van der Waals surface area contributed by atoms with Gasteiger partial charge in [-0.3, -0.25) is 14.8 Å². The Kier molecular flexibility index (Phi) is 4.70. The minimum atomic E-state index is -0.304. The standard InChI is InChI=1S/C15H14BrFN6O/c1-10-13(16)6-19-23(10)8-14(24)20-15-18-9-22(21-15)7-11-3-2-4-12(17)5-11/h2-6,9H,7-8H2,1H3,(H,20,21,24). The van der Waals surface area contributed by atoms with Crippen LogP contribution >= 0.6 is 15.9 Å². The summed E-state index contributed by atoms with van der Waals surface area (Å²) >= 11 is 3.34. The molecule has 1 amide bonds. The molecule has 0 saturated carbocycles. The van der Waals surface area contributed by atoms with Crippen molar-refractivity contribution in [1.82, 2.24) is 24.5 Å². The molecule has 0 saturated heterocycles. The van der Waals surface area contributed by atoms with Crippen LogP contribution in [0.3, 0.4) is 0 Å². The molecule has 1 aromatic carbocycles. The van der Waals surface area contributed by atoms with E-state index >= 15 is 0 Å². The van der Waals surface area contributed by atoms with Crippen LogP contribution in [0.25, 0.3) is 0 Å². The Morgan fingerprint density at radius 2 is 2.25 bits per heavy atom. The van der Waals surface area contributed by atoms with Gasteiger partial charge in [0.2, 0.25) is 11.9 Å². The molecule has 24 heavy (non-hydrogen) atoms. The highest BCUT2D eigenvalue weighted by atomic mass is 79.9. The van der Waals surface area contributed by atoms with Gasteiger partial charge in [0.15, 0.2) is 0 Å². The second kappa shape index (κ2) is 6.91. The molecule has 0 aliphatic heterocycles. The molecule has 2 heterocycles. The minimum Gasteiger partial charge on any atom is -0.292 e. The molecular weight excluding hydrogens is 379 g/mol. The first-order valence-corrected chi connectivity index (χ1v) is 7.92. The van der Waals surface area contributed by atoms with Gasteiger partial charge in [-0.15, -0.1) is 5.10 Å². The number of hydrogen-bond donors (Lipinski definition) is 1. The van der Waals surface area contributed by atoms with Gasteiger partial charge < -0.3 is 0 Å². The molecule has 3 aromatic rings. The first kappa shape index (κ1) is 16.3. The van der Waals surface area contributed by atoms with Crippen LogP contribution in [0.4, 0.5) is 10.3 Å². The number of carbonyl (C=O) groups is 1. The van der Waals surface area contributed by atoms with Crippen molar-refractivity contribution in [2.45, 2.75) is 20.0 Å². The van der Waals surface area contributed by atoms with E-state index in [1.54, 1.807) is 23.0 Å². The lowest BCUT2D eigenvalue weighted by Crippen LogP contribution is -2.21. The van der Waals surface area contributed by atoms with E-state index in [0.717, 1.165) is 15.7 Å². The van der Waals surface area contributed by atoms with Crippen LogP contribution in [0.2, 0.25) is 0 Å². The summed E-state index contributed by atoms with van der Waals surface area (Å²) in [5.74, 6) is -0.389. The van der Waals surface area contributed by atoms with Gasteiger partial charge >= 0.3 is 0 Å². The molecular formula is C15H14BrFN6O. The average molecular weight is 393 g/mol. The number of nitrogens with zero attached hydrogens (tertiary/aromatic N) is 5. The predicted molar refractivity (Wildman–Crippen MR) is 88.8 cm³/mol. The number of aromatic nitrogens is 5. The molecule has 0 unspecified atom stereocenters. The summed E-state index contributed by atoms with van der Waals surface area (Å²) in [6, 6.07) is 6.24. The van der Waals surface area contributed by atoms with Crippen LogP contribution in [0.15, 0.2) is 41.3 Å². The highest BCUT2D eigenvalue weighted by Gasteiger charge is 2.11. The Morgan fingerprint density at radius 3 is 2.96 bits per heavy atom. The van der Waals surface area contributed by atoms with Crippen molar-refractivity contribution in [1.29, 1.82) is 0 Å². The molecule has 0 atom stereocenters. The molecule has 2 aromatic heterocycles. The fourth-order valence-electron chi connectivity index (χ4n) is 2.13. The maximum atomic E-state index is 13.2. The fraction of sp³-hybridized carbons (Fsp3) is 0.200. The third kappa shape index (κ3) is 3.85. The number of rotatable bonds is 5.